The topological polar surface area (TPSA) is 37.3 Å². The molecule has 0 saturated heterocycles. The summed E-state index contributed by atoms with van der Waals surface area (Å²) in [5, 5.41) is 9.85. The van der Waals surface area contributed by atoms with Crippen molar-refractivity contribution in [1.29, 1.82) is 0 Å². The SMILES string of the molecule is O=C(O)[C@H](Br)CCC=S. The Morgan fingerprint density at radius 1 is 1.89 bits per heavy atom. The molecule has 0 aliphatic heterocycles. The minimum atomic E-state index is -0.827. The van der Waals surface area contributed by atoms with Gasteiger partial charge in [0.2, 0.25) is 0 Å². The third-order valence-corrected chi connectivity index (χ3v) is 1.89. The van der Waals surface area contributed by atoms with Gasteiger partial charge in [0.25, 0.3) is 0 Å². The maximum absolute atomic E-state index is 10.1. The van der Waals surface area contributed by atoms with Gasteiger partial charge in [-0.1, -0.05) is 28.1 Å². The Balaban J connectivity index is 3.37. The van der Waals surface area contributed by atoms with Crippen molar-refractivity contribution in [3.63, 3.8) is 0 Å². The fourth-order valence-electron chi connectivity index (χ4n) is 0.338. The van der Waals surface area contributed by atoms with Gasteiger partial charge in [-0.05, 0) is 18.2 Å². The first-order valence-electron chi connectivity index (χ1n) is 2.49. The average molecular weight is 211 g/mol. The van der Waals surface area contributed by atoms with E-state index < -0.39 is 10.8 Å². The van der Waals surface area contributed by atoms with E-state index in [1.165, 1.54) is 5.37 Å². The summed E-state index contributed by atoms with van der Waals surface area (Å²) < 4.78 is 0. The Morgan fingerprint density at radius 3 is 2.78 bits per heavy atom. The minimum Gasteiger partial charge on any atom is -0.480 e. The summed E-state index contributed by atoms with van der Waals surface area (Å²) in [4.78, 5) is 9.66. The van der Waals surface area contributed by atoms with E-state index in [0.717, 1.165) is 0 Å². The lowest BCUT2D eigenvalue weighted by atomic mass is 10.2. The van der Waals surface area contributed by atoms with Crippen LogP contribution in [0.25, 0.3) is 0 Å². The number of alkyl halides is 1. The van der Waals surface area contributed by atoms with Crippen LogP contribution in [0.2, 0.25) is 0 Å². The molecule has 52 valence electrons. The van der Waals surface area contributed by atoms with Crippen LogP contribution in [0.5, 0.6) is 0 Å². The second kappa shape index (κ2) is 4.88. The van der Waals surface area contributed by atoms with Crippen LogP contribution in [-0.4, -0.2) is 21.3 Å². The zero-order valence-corrected chi connectivity index (χ0v) is 7.11. The highest BCUT2D eigenvalue weighted by atomic mass is 79.9. The molecule has 0 fully saturated rings. The quantitative estimate of drug-likeness (QED) is 0.567. The Labute approximate surface area is 67.4 Å². The van der Waals surface area contributed by atoms with Gasteiger partial charge in [-0.2, -0.15) is 0 Å². The molecule has 0 aliphatic carbocycles. The molecule has 0 rings (SSSR count). The average Bonchev–Trinajstić information content (AvgIpc) is 1.82. The minimum absolute atomic E-state index is 0.448. The monoisotopic (exact) mass is 210 g/mol. The van der Waals surface area contributed by atoms with Crippen molar-refractivity contribution in [3.05, 3.63) is 0 Å². The standard InChI is InChI=1S/C5H7BrO2S/c6-4(5(7)8)2-1-3-9/h3-4H,1-2H2,(H,7,8)/t4-/m1/s1. The molecule has 0 unspecified atom stereocenters. The molecule has 0 aromatic carbocycles. The second-order valence-corrected chi connectivity index (χ2v) is 2.99. The molecule has 0 amide bonds. The van der Waals surface area contributed by atoms with E-state index in [2.05, 4.69) is 28.1 Å². The highest BCUT2D eigenvalue weighted by Crippen LogP contribution is 2.06. The number of carbonyl (C=O) groups is 1. The van der Waals surface area contributed by atoms with E-state index in [1.54, 1.807) is 0 Å². The number of hydrogen-bond donors (Lipinski definition) is 1. The van der Waals surface area contributed by atoms with Gasteiger partial charge >= 0.3 is 5.97 Å². The van der Waals surface area contributed by atoms with E-state index in [-0.39, 0.29) is 0 Å². The van der Waals surface area contributed by atoms with Crippen LogP contribution < -0.4 is 0 Å². The van der Waals surface area contributed by atoms with Crippen LogP contribution in [0, 0.1) is 0 Å². The maximum Gasteiger partial charge on any atom is 0.317 e. The number of thiocarbonyl (C=S) groups is 1. The molecule has 0 radical (unpaired) electrons. The van der Waals surface area contributed by atoms with E-state index in [9.17, 15) is 4.79 Å². The molecule has 4 heteroatoms. The molecule has 0 spiro atoms. The molecule has 1 N–H and O–H groups in total. The van der Waals surface area contributed by atoms with Crippen LogP contribution in [0.3, 0.4) is 0 Å². The normalized spacial score (nSPS) is 12.6. The van der Waals surface area contributed by atoms with Crippen molar-refractivity contribution in [2.75, 3.05) is 0 Å². The molecule has 0 bridgehead atoms. The van der Waals surface area contributed by atoms with Gasteiger partial charge in [-0.25, -0.2) is 0 Å². The second-order valence-electron chi connectivity index (χ2n) is 1.55. The lowest BCUT2D eigenvalue weighted by Crippen LogP contribution is -2.11. The molecule has 0 saturated carbocycles. The summed E-state index contributed by atoms with van der Waals surface area (Å²) in [5.41, 5.74) is 0. The van der Waals surface area contributed by atoms with Crippen LogP contribution in [-0.2, 0) is 4.79 Å². The molecule has 9 heavy (non-hydrogen) atoms. The summed E-state index contributed by atoms with van der Waals surface area (Å²) in [5.74, 6) is -0.827. The van der Waals surface area contributed by atoms with E-state index >= 15 is 0 Å². The first-order chi connectivity index (χ1) is 4.18. The molecule has 0 heterocycles. The number of halogens is 1. The van der Waals surface area contributed by atoms with Gasteiger partial charge in [0.1, 0.15) is 4.83 Å². The molecule has 0 aliphatic rings. The summed E-state index contributed by atoms with van der Waals surface area (Å²) in [6.07, 6.45) is 1.23. The van der Waals surface area contributed by atoms with E-state index in [4.69, 9.17) is 5.11 Å². The van der Waals surface area contributed by atoms with Crippen LogP contribution >= 0.6 is 28.1 Å². The molecule has 0 aromatic heterocycles. The van der Waals surface area contributed by atoms with Crippen molar-refractivity contribution in [1.82, 2.24) is 0 Å². The van der Waals surface area contributed by atoms with Gasteiger partial charge in [0.15, 0.2) is 0 Å². The van der Waals surface area contributed by atoms with Gasteiger partial charge in [-0.15, -0.1) is 0 Å². The zero-order chi connectivity index (χ0) is 7.28. The van der Waals surface area contributed by atoms with Gasteiger partial charge < -0.3 is 5.11 Å². The lowest BCUT2D eigenvalue weighted by Gasteiger charge is -1.98. The smallest absolute Gasteiger partial charge is 0.317 e. The number of carboxylic acids is 1. The van der Waals surface area contributed by atoms with Crippen molar-refractivity contribution in [2.45, 2.75) is 17.7 Å². The molecule has 0 aromatic rings. The van der Waals surface area contributed by atoms with Crippen molar-refractivity contribution < 1.29 is 9.90 Å². The van der Waals surface area contributed by atoms with Crippen molar-refractivity contribution in [3.8, 4) is 0 Å². The summed E-state index contributed by atoms with van der Waals surface area (Å²) >= 11 is 7.50. The molecule has 2 nitrogen and oxygen atoms in total. The summed E-state index contributed by atoms with van der Waals surface area (Å²) in [6.45, 7) is 0. The molecular formula is C5H7BrO2S. The molecular weight excluding hydrogens is 204 g/mol. The van der Waals surface area contributed by atoms with Crippen LogP contribution in [0.1, 0.15) is 12.8 Å². The Kier molecular flexibility index (Phi) is 4.90. The van der Waals surface area contributed by atoms with Crippen LogP contribution in [0.15, 0.2) is 0 Å². The Hall–Kier alpha value is 0.0400. The third-order valence-electron chi connectivity index (χ3n) is 0.806. The summed E-state index contributed by atoms with van der Waals surface area (Å²) in [6, 6.07) is 0. The van der Waals surface area contributed by atoms with E-state index in [1.807, 2.05) is 0 Å². The fraction of sp³-hybridized carbons (Fsp3) is 0.600. The number of hydrogen-bond acceptors (Lipinski definition) is 2. The highest BCUT2D eigenvalue weighted by Gasteiger charge is 2.10. The van der Waals surface area contributed by atoms with Gasteiger partial charge in [-0.3, -0.25) is 4.79 Å². The first-order valence-corrected chi connectivity index (χ1v) is 3.87. The van der Waals surface area contributed by atoms with Crippen molar-refractivity contribution >= 4 is 39.5 Å². The fourth-order valence-corrected chi connectivity index (χ4v) is 0.738. The number of carboxylic acid groups (broad SMARTS) is 1. The van der Waals surface area contributed by atoms with E-state index in [0.29, 0.717) is 12.8 Å². The van der Waals surface area contributed by atoms with Gasteiger partial charge in [0, 0.05) is 0 Å². The zero-order valence-electron chi connectivity index (χ0n) is 4.71. The lowest BCUT2D eigenvalue weighted by molar-refractivity contribution is -0.136. The predicted molar refractivity (Wildman–Crippen MR) is 43.2 cm³/mol. The van der Waals surface area contributed by atoms with Gasteiger partial charge in [0.05, 0.1) is 0 Å². The van der Waals surface area contributed by atoms with Crippen molar-refractivity contribution in [2.24, 2.45) is 0 Å². The largest absolute Gasteiger partial charge is 0.480 e. The Morgan fingerprint density at radius 2 is 2.44 bits per heavy atom. The van der Waals surface area contributed by atoms with Crippen LogP contribution in [0.4, 0.5) is 0 Å². The summed E-state index contributed by atoms with van der Waals surface area (Å²) in [7, 11) is 0. The maximum atomic E-state index is 10.1. The number of aliphatic carboxylic acids is 1. The number of rotatable bonds is 4. The first kappa shape index (κ1) is 9.04. The highest BCUT2D eigenvalue weighted by molar-refractivity contribution is 9.10. The predicted octanol–water partition coefficient (Wildman–Crippen LogP) is 1.61. The third kappa shape index (κ3) is 4.54. The molecule has 1 atom stereocenters. The Bertz CT molecular complexity index is 116.